The van der Waals surface area contributed by atoms with Gasteiger partial charge in [0.2, 0.25) is 11.8 Å². The lowest BCUT2D eigenvalue weighted by atomic mass is 9.88. The highest BCUT2D eigenvalue weighted by Crippen LogP contribution is 2.23. The van der Waals surface area contributed by atoms with Crippen LogP contribution in [0.25, 0.3) is 0 Å². The number of amides is 2. The van der Waals surface area contributed by atoms with Gasteiger partial charge in [0.15, 0.2) is 0 Å². The number of nitrogens with one attached hydrogen (secondary N) is 2. The second-order valence-corrected chi connectivity index (χ2v) is 6.22. The summed E-state index contributed by atoms with van der Waals surface area (Å²) in [7, 11) is 0. The second kappa shape index (κ2) is 8.67. The molecule has 1 aromatic rings. The SMILES string of the molecule is CC(NC(=O)C1CCCCC1)C(=O)NC(CO)c1ccccc1. The van der Waals surface area contributed by atoms with Gasteiger partial charge in [0.25, 0.3) is 0 Å². The van der Waals surface area contributed by atoms with E-state index in [2.05, 4.69) is 10.6 Å². The molecule has 0 aromatic heterocycles. The first-order valence-corrected chi connectivity index (χ1v) is 8.38. The highest BCUT2D eigenvalue weighted by molar-refractivity contribution is 5.88. The molecule has 3 N–H and O–H groups in total. The van der Waals surface area contributed by atoms with E-state index < -0.39 is 12.1 Å². The van der Waals surface area contributed by atoms with Crippen LogP contribution in [-0.2, 0) is 9.59 Å². The molecule has 1 aliphatic rings. The Bertz CT molecular complexity index is 512. The summed E-state index contributed by atoms with van der Waals surface area (Å²) in [6, 6.07) is 8.24. The number of aliphatic hydroxyl groups is 1. The van der Waals surface area contributed by atoms with E-state index in [4.69, 9.17) is 0 Å². The fraction of sp³-hybridized carbons (Fsp3) is 0.556. The Labute approximate surface area is 137 Å². The van der Waals surface area contributed by atoms with Crippen LogP contribution in [-0.4, -0.2) is 29.6 Å². The van der Waals surface area contributed by atoms with Gasteiger partial charge < -0.3 is 15.7 Å². The fourth-order valence-electron chi connectivity index (χ4n) is 2.98. The maximum atomic E-state index is 12.3. The molecule has 1 aromatic carbocycles. The van der Waals surface area contributed by atoms with Gasteiger partial charge >= 0.3 is 0 Å². The fourth-order valence-corrected chi connectivity index (χ4v) is 2.98. The molecular formula is C18H26N2O3. The smallest absolute Gasteiger partial charge is 0.242 e. The molecule has 2 atom stereocenters. The maximum absolute atomic E-state index is 12.3. The van der Waals surface area contributed by atoms with Crippen molar-refractivity contribution < 1.29 is 14.7 Å². The predicted molar refractivity (Wildman–Crippen MR) is 88.6 cm³/mol. The highest BCUT2D eigenvalue weighted by Gasteiger charge is 2.25. The van der Waals surface area contributed by atoms with Crippen LogP contribution in [0.5, 0.6) is 0 Å². The van der Waals surface area contributed by atoms with E-state index in [9.17, 15) is 14.7 Å². The Morgan fingerprint density at radius 3 is 2.39 bits per heavy atom. The molecule has 1 saturated carbocycles. The van der Waals surface area contributed by atoms with Gasteiger partial charge in [-0.1, -0.05) is 49.6 Å². The quantitative estimate of drug-likeness (QED) is 0.750. The average molecular weight is 318 g/mol. The zero-order valence-electron chi connectivity index (χ0n) is 13.6. The standard InChI is InChI=1S/C18H26N2O3/c1-13(19-18(23)15-10-6-3-7-11-15)17(22)20-16(12-21)14-8-4-2-5-9-14/h2,4-5,8-9,13,15-16,21H,3,6-7,10-12H2,1H3,(H,19,23)(H,20,22). The van der Waals surface area contributed by atoms with E-state index in [-0.39, 0.29) is 24.3 Å². The van der Waals surface area contributed by atoms with Gasteiger partial charge in [-0.2, -0.15) is 0 Å². The summed E-state index contributed by atoms with van der Waals surface area (Å²) in [4.78, 5) is 24.5. The second-order valence-electron chi connectivity index (χ2n) is 6.22. The summed E-state index contributed by atoms with van der Waals surface area (Å²) in [5, 5.41) is 15.1. The van der Waals surface area contributed by atoms with Gasteiger partial charge in [0.05, 0.1) is 12.6 Å². The summed E-state index contributed by atoms with van der Waals surface area (Å²) in [6.45, 7) is 1.49. The molecule has 2 unspecified atom stereocenters. The van der Waals surface area contributed by atoms with Gasteiger partial charge in [-0.3, -0.25) is 9.59 Å². The van der Waals surface area contributed by atoms with Crippen molar-refractivity contribution in [1.82, 2.24) is 10.6 Å². The van der Waals surface area contributed by atoms with E-state index in [1.54, 1.807) is 6.92 Å². The van der Waals surface area contributed by atoms with Crippen molar-refractivity contribution in [2.75, 3.05) is 6.61 Å². The van der Waals surface area contributed by atoms with Crippen molar-refractivity contribution in [1.29, 1.82) is 0 Å². The first-order chi connectivity index (χ1) is 11.1. The van der Waals surface area contributed by atoms with Gasteiger partial charge in [-0.15, -0.1) is 0 Å². The zero-order valence-corrected chi connectivity index (χ0v) is 13.6. The van der Waals surface area contributed by atoms with Crippen LogP contribution < -0.4 is 10.6 Å². The van der Waals surface area contributed by atoms with Crippen LogP contribution in [0.1, 0.15) is 50.6 Å². The molecule has 5 nitrogen and oxygen atoms in total. The monoisotopic (exact) mass is 318 g/mol. The first kappa shape index (κ1) is 17.5. The molecule has 0 saturated heterocycles. The molecule has 2 rings (SSSR count). The number of carbonyl (C=O) groups excluding carboxylic acids is 2. The summed E-state index contributed by atoms with van der Waals surface area (Å²) >= 11 is 0. The van der Waals surface area contributed by atoms with Gasteiger partial charge in [-0.25, -0.2) is 0 Å². The summed E-state index contributed by atoms with van der Waals surface area (Å²) < 4.78 is 0. The Morgan fingerprint density at radius 2 is 1.78 bits per heavy atom. The third kappa shape index (κ3) is 5.06. The third-order valence-corrected chi connectivity index (χ3v) is 4.43. The third-order valence-electron chi connectivity index (χ3n) is 4.43. The van der Waals surface area contributed by atoms with E-state index in [0.717, 1.165) is 31.2 Å². The molecule has 0 bridgehead atoms. The average Bonchev–Trinajstić information content (AvgIpc) is 2.60. The summed E-state index contributed by atoms with van der Waals surface area (Å²) in [5.74, 6) is -0.286. The van der Waals surface area contributed by atoms with Crippen LogP contribution >= 0.6 is 0 Å². The number of aliphatic hydroxyl groups excluding tert-OH is 1. The molecular weight excluding hydrogens is 292 g/mol. The highest BCUT2D eigenvalue weighted by atomic mass is 16.3. The summed E-state index contributed by atoms with van der Waals surface area (Å²) in [6.07, 6.45) is 5.17. The molecule has 0 aliphatic heterocycles. The lowest BCUT2D eigenvalue weighted by Gasteiger charge is -2.24. The van der Waals surface area contributed by atoms with Gasteiger partial charge in [-0.05, 0) is 25.3 Å². The molecule has 0 heterocycles. The molecule has 1 fully saturated rings. The first-order valence-electron chi connectivity index (χ1n) is 8.38. The Morgan fingerprint density at radius 1 is 1.13 bits per heavy atom. The van der Waals surface area contributed by atoms with Crippen molar-refractivity contribution in [3.8, 4) is 0 Å². The normalized spacial score (nSPS) is 18.0. The van der Waals surface area contributed by atoms with Crippen LogP contribution in [0.15, 0.2) is 30.3 Å². The van der Waals surface area contributed by atoms with Crippen molar-refractivity contribution >= 4 is 11.8 Å². The molecule has 1 aliphatic carbocycles. The van der Waals surface area contributed by atoms with Gasteiger partial charge in [0.1, 0.15) is 6.04 Å². The minimum atomic E-state index is -0.609. The molecule has 2 amide bonds. The van der Waals surface area contributed by atoms with E-state index in [1.165, 1.54) is 6.42 Å². The molecule has 5 heteroatoms. The predicted octanol–water partition coefficient (Wildman–Crippen LogP) is 1.92. The van der Waals surface area contributed by atoms with Crippen molar-refractivity contribution in [2.45, 2.75) is 51.1 Å². The number of carbonyl (C=O) groups is 2. The Kier molecular flexibility index (Phi) is 6.59. The van der Waals surface area contributed by atoms with Crippen molar-refractivity contribution in [3.63, 3.8) is 0 Å². The largest absolute Gasteiger partial charge is 0.394 e. The Balaban J connectivity index is 1.87. The van der Waals surface area contributed by atoms with Crippen molar-refractivity contribution in [3.05, 3.63) is 35.9 Å². The number of rotatable bonds is 6. The zero-order chi connectivity index (χ0) is 16.7. The van der Waals surface area contributed by atoms with Crippen LogP contribution in [0, 0.1) is 5.92 Å². The number of benzene rings is 1. The van der Waals surface area contributed by atoms with E-state index >= 15 is 0 Å². The number of hydrogen-bond donors (Lipinski definition) is 3. The van der Waals surface area contributed by atoms with E-state index in [1.807, 2.05) is 30.3 Å². The van der Waals surface area contributed by atoms with Crippen LogP contribution in [0.4, 0.5) is 0 Å². The van der Waals surface area contributed by atoms with Crippen LogP contribution in [0.2, 0.25) is 0 Å². The van der Waals surface area contributed by atoms with Gasteiger partial charge in [0, 0.05) is 5.92 Å². The molecule has 0 radical (unpaired) electrons. The molecule has 126 valence electrons. The summed E-state index contributed by atoms with van der Waals surface area (Å²) in [5.41, 5.74) is 0.842. The maximum Gasteiger partial charge on any atom is 0.242 e. The molecule has 23 heavy (non-hydrogen) atoms. The topological polar surface area (TPSA) is 78.4 Å². The van der Waals surface area contributed by atoms with E-state index in [0.29, 0.717) is 0 Å². The minimum absolute atomic E-state index is 0.0294. The minimum Gasteiger partial charge on any atom is -0.394 e. The van der Waals surface area contributed by atoms with Crippen molar-refractivity contribution in [2.24, 2.45) is 5.92 Å². The number of hydrogen-bond acceptors (Lipinski definition) is 3. The van der Waals surface area contributed by atoms with Crippen LogP contribution in [0.3, 0.4) is 0 Å². The lowest BCUT2D eigenvalue weighted by molar-refractivity contribution is -0.131. The molecule has 0 spiro atoms. The lowest BCUT2D eigenvalue weighted by Crippen LogP contribution is -2.48. The Hall–Kier alpha value is -1.88.